The largest absolute Gasteiger partial charge is 0.497 e. The lowest BCUT2D eigenvalue weighted by Gasteiger charge is -2.26. The zero-order valence-corrected chi connectivity index (χ0v) is 24.1. The molecule has 6 aromatic rings. The van der Waals surface area contributed by atoms with Gasteiger partial charge in [0.2, 0.25) is 0 Å². The van der Waals surface area contributed by atoms with Crippen molar-refractivity contribution >= 4 is 17.1 Å². The van der Waals surface area contributed by atoms with E-state index in [4.69, 9.17) is 9.47 Å². The molecule has 0 saturated heterocycles. The van der Waals surface area contributed by atoms with Crippen LogP contribution in [0.2, 0.25) is 0 Å². The first-order valence-electron chi connectivity index (χ1n) is 14.1. The summed E-state index contributed by atoms with van der Waals surface area (Å²) in [5.74, 6) is 1.71. The van der Waals surface area contributed by atoms with E-state index < -0.39 is 0 Å². The maximum absolute atomic E-state index is 5.33. The third-order valence-corrected chi connectivity index (χ3v) is 7.61. The average Bonchev–Trinajstić information content (AvgIpc) is 3.06. The molecule has 0 bridgehead atoms. The van der Waals surface area contributed by atoms with E-state index in [1.807, 2.05) is 24.3 Å². The van der Waals surface area contributed by atoms with Gasteiger partial charge in [-0.1, -0.05) is 90.5 Å². The van der Waals surface area contributed by atoms with Gasteiger partial charge < -0.3 is 14.4 Å². The van der Waals surface area contributed by atoms with E-state index in [1.54, 1.807) is 14.2 Å². The maximum Gasteiger partial charge on any atom is 0.118 e. The molecule has 3 heteroatoms. The zero-order chi connectivity index (χ0) is 28.9. The minimum Gasteiger partial charge on any atom is -0.497 e. The molecule has 0 N–H and O–H groups in total. The van der Waals surface area contributed by atoms with Crippen molar-refractivity contribution in [2.75, 3.05) is 19.1 Å². The number of anilines is 3. The molecule has 0 aromatic heterocycles. The Hall–Kier alpha value is -5.28. The first kappa shape index (κ1) is 26.9. The van der Waals surface area contributed by atoms with Crippen LogP contribution in [0.1, 0.15) is 5.56 Å². The van der Waals surface area contributed by atoms with Crippen molar-refractivity contribution in [1.29, 1.82) is 0 Å². The fraction of sp³-hybridized carbons (Fsp3) is 0.0769. The van der Waals surface area contributed by atoms with E-state index in [9.17, 15) is 0 Å². The van der Waals surface area contributed by atoms with Crippen LogP contribution in [0.25, 0.3) is 33.4 Å². The molecule has 0 amide bonds. The predicted molar refractivity (Wildman–Crippen MR) is 175 cm³/mol. The fourth-order valence-electron chi connectivity index (χ4n) is 5.17. The Bertz CT molecular complexity index is 1650. The highest BCUT2D eigenvalue weighted by Crippen LogP contribution is 2.38. The average molecular weight is 548 g/mol. The van der Waals surface area contributed by atoms with Crippen LogP contribution >= 0.6 is 0 Å². The van der Waals surface area contributed by atoms with Gasteiger partial charge in [0.15, 0.2) is 0 Å². The number of hydrogen-bond acceptors (Lipinski definition) is 3. The zero-order valence-electron chi connectivity index (χ0n) is 24.1. The van der Waals surface area contributed by atoms with Crippen LogP contribution in [-0.2, 0) is 0 Å². The molecule has 0 heterocycles. The van der Waals surface area contributed by atoms with Crippen LogP contribution in [-0.4, -0.2) is 14.2 Å². The smallest absolute Gasteiger partial charge is 0.118 e. The fourth-order valence-corrected chi connectivity index (χ4v) is 5.17. The van der Waals surface area contributed by atoms with Crippen molar-refractivity contribution in [2.24, 2.45) is 0 Å². The summed E-state index contributed by atoms with van der Waals surface area (Å²) in [4.78, 5) is 2.30. The van der Waals surface area contributed by atoms with Crippen molar-refractivity contribution in [3.8, 4) is 44.9 Å². The molecule has 42 heavy (non-hydrogen) atoms. The van der Waals surface area contributed by atoms with Crippen LogP contribution in [0.5, 0.6) is 11.5 Å². The van der Waals surface area contributed by atoms with Crippen LogP contribution in [0.3, 0.4) is 0 Å². The summed E-state index contributed by atoms with van der Waals surface area (Å²) < 4.78 is 10.7. The van der Waals surface area contributed by atoms with Crippen molar-refractivity contribution in [3.63, 3.8) is 0 Å². The second kappa shape index (κ2) is 12.1. The Labute approximate surface area is 248 Å². The first-order valence-corrected chi connectivity index (χ1v) is 14.1. The van der Waals surface area contributed by atoms with E-state index in [0.29, 0.717) is 0 Å². The summed E-state index contributed by atoms with van der Waals surface area (Å²) in [6.07, 6.45) is 0. The van der Waals surface area contributed by atoms with Gasteiger partial charge in [0.05, 0.1) is 14.2 Å². The quantitative estimate of drug-likeness (QED) is 0.189. The lowest BCUT2D eigenvalue weighted by atomic mass is 10.0. The number of benzene rings is 6. The highest BCUT2D eigenvalue weighted by atomic mass is 16.5. The molecule has 0 fully saturated rings. The summed E-state index contributed by atoms with van der Waals surface area (Å²) in [7, 11) is 3.38. The molecule has 0 aliphatic rings. The molecule has 0 atom stereocenters. The molecule has 3 nitrogen and oxygen atoms in total. The molecule has 0 aliphatic carbocycles. The summed E-state index contributed by atoms with van der Waals surface area (Å²) in [6.45, 7) is 2.12. The monoisotopic (exact) mass is 547 g/mol. The lowest BCUT2D eigenvalue weighted by Crippen LogP contribution is -2.09. The maximum atomic E-state index is 5.33. The Morgan fingerprint density at radius 2 is 0.571 bits per heavy atom. The highest BCUT2D eigenvalue weighted by molar-refractivity contribution is 5.81. The third-order valence-electron chi connectivity index (χ3n) is 7.61. The van der Waals surface area contributed by atoms with Crippen molar-refractivity contribution in [3.05, 3.63) is 151 Å². The number of methoxy groups -OCH3 is 2. The van der Waals surface area contributed by atoms with E-state index in [-0.39, 0.29) is 0 Å². The standard InChI is InChI=1S/C39H33NO2/c1-28-4-6-29(7-5-28)30-8-18-35(19-9-30)40(36-20-10-31(11-21-36)33-14-24-38(41-2)25-15-33)37-22-12-32(13-23-37)34-16-26-39(42-3)27-17-34/h4-27H,1-3H3. The minimum atomic E-state index is 0.855. The number of nitrogens with zero attached hydrogens (tertiary/aromatic N) is 1. The molecule has 206 valence electrons. The minimum absolute atomic E-state index is 0.855. The molecule has 6 rings (SSSR count). The van der Waals surface area contributed by atoms with Gasteiger partial charge in [-0.3, -0.25) is 0 Å². The molecule has 0 radical (unpaired) electrons. The van der Waals surface area contributed by atoms with Gasteiger partial charge in [-0.25, -0.2) is 0 Å². The highest BCUT2D eigenvalue weighted by Gasteiger charge is 2.14. The molecule has 6 aromatic carbocycles. The molecule has 0 saturated carbocycles. The van der Waals surface area contributed by atoms with Crippen molar-refractivity contribution < 1.29 is 9.47 Å². The van der Waals surface area contributed by atoms with E-state index in [1.165, 1.54) is 16.7 Å². The molecule has 0 aliphatic heterocycles. The van der Waals surface area contributed by atoms with Gasteiger partial charge >= 0.3 is 0 Å². The van der Waals surface area contributed by atoms with E-state index in [0.717, 1.165) is 50.8 Å². The summed E-state index contributed by atoms with van der Waals surface area (Å²) in [5, 5.41) is 0. The topological polar surface area (TPSA) is 21.7 Å². The second-order valence-corrected chi connectivity index (χ2v) is 10.3. The Balaban J connectivity index is 1.35. The molecule has 0 unspecified atom stereocenters. The Morgan fingerprint density at radius 3 is 0.833 bits per heavy atom. The normalized spacial score (nSPS) is 10.7. The molecular formula is C39H33NO2. The Morgan fingerprint density at radius 1 is 0.333 bits per heavy atom. The SMILES string of the molecule is COc1ccc(-c2ccc(N(c3ccc(-c4ccc(C)cc4)cc3)c3ccc(-c4ccc(OC)cc4)cc3)cc2)cc1. The lowest BCUT2D eigenvalue weighted by molar-refractivity contribution is 0.415. The van der Waals surface area contributed by atoms with Gasteiger partial charge in [-0.2, -0.15) is 0 Å². The van der Waals surface area contributed by atoms with Gasteiger partial charge in [0.25, 0.3) is 0 Å². The summed E-state index contributed by atoms with van der Waals surface area (Å²) >= 11 is 0. The number of rotatable bonds is 8. The van der Waals surface area contributed by atoms with Crippen LogP contribution < -0.4 is 14.4 Å². The molecular weight excluding hydrogens is 514 g/mol. The van der Waals surface area contributed by atoms with E-state index >= 15 is 0 Å². The van der Waals surface area contributed by atoms with Crippen LogP contribution in [0, 0.1) is 6.92 Å². The van der Waals surface area contributed by atoms with Crippen LogP contribution in [0.15, 0.2) is 146 Å². The van der Waals surface area contributed by atoms with Gasteiger partial charge in [0, 0.05) is 17.1 Å². The van der Waals surface area contributed by atoms with Crippen LogP contribution in [0.4, 0.5) is 17.1 Å². The predicted octanol–water partition coefficient (Wildman–Crippen LogP) is 10.5. The number of ether oxygens (including phenoxy) is 2. The van der Waals surface area contributed by atoms with Crippen molar-refractivity contribution in [1.82, 2.24) is 0 Å². The summed E-state index contributed by atoms with van der Waals surface area (Å²) in [5.41, 5.74) is 11.6. The summed E-state index contributed by atoms with van der Waals surface area (Å²) in [6, 6.07) is 51.3. The van der Waals surface area contributed by atoms with Gasteiger partial charge in [-0.15, -0.1) is 0 Å². The first-order chi connectivity index (χ1) is 20.6. The Kier molecular flexibility index (Phi) is 7.74. The van der Waals surface area contributed by atoms with Crippen molar-refractivity contribution in [2.45, 2.75) is 6.92 Å². The number of hydrogen-bond donors (Lipinski definition) is 0. The van der Waals surface area contributed by atoms with Gasteiger partial charge in [0.1, 0.15) is 11.5 Å². The molecule has 0 spiro atoms. The third kappa shape index (κ3) is 5.77. The van der Waals surface area contributed by atoms with Gasteiger partial charge in [-0.05, 0) is 101 Å². The van der Waals surface area contributed by atoms with E-state index in [2.05, 4.69) is 133 Å². The second-order valence-electron chi connectivity index (χ2n) is 10.3. The number of aryl methyl sites for hydroxylation is 1.